The summed E-state index contributed by atoms with van der Waals surface area (Å²) in [6.45, 7) is 1.90. The summed E-state index contributed by atoms with van der Waals surface area (Å²) < 4.78 is 0. The summed E-state index contributed by atoms with van der Waals surface area (Å²) in [4.78, 5) is 12.4. The minimum atomic E-state index is -0.260. The van der Waals surface area contributed by atoms with Crippen LogP contribution >= 0.6 is 23.2 Å². The molecule has 4 heteroatoms. The number of aryl methyl sites for hydroxylation is 1. The molecule has 0 aromatic heterocycles. The van der Waals surface area contributed by atoms with Crippen molar-refractivity contribution in [3.05, 3.63) is 34.3 Å². The Morgan fingerprint density at radius 1 is 1.32 bits per heavy atom. The summed E-state index contributed by atoms with van der Waals surface area (Å²) in [5.74, 6) is 0.346. The van der Waals surface area contributed by atoms with E-state index in [1.54, 1.807) is 6.07 Å². The summed E-state index contributed by atoms with van der Waals surface area (Å²) in [6.07, 6.45) is 5.36. The van der Waals surface area contributed by atoms with Gasteiger partial charge in [-0.15, -0.1) is 11.6 Å². The SMILES string of the molecule is Cc1cccc(C(=O)NC2(CCl)CCCCC2)c1Cl. The predicted molar refractivity (Wildman–Crippen MR) is 80.2 cm³/mol. The number of benzene rings is 1. The van der Waals surface area contributed by atoms with Gasteiger partial charge in [-0.1, -0.05) is 43.0 Å². The molecule has 1 N–H and O–H groups in total. The van der Waals surface area contributed by atoms with Crippen LogP contribution in [0.1, 0.15) is 48.0 Å². The Bertz CT molecular complexity index is 467. The number of hydrogen-bond acceptors (Lipinski definition) is 1. The van der Waals surface area contributed by atoms with Gasteiger partial charge in [0.25, 0.3) is 5.91 Å². The van der Waals surface area contributed by atoms with Crippen LogP contribution < -0.4 is 5.32 Å². The van der Waals surface area contributed by atoms with Crippen LogP contribution in [0.25, 0.3) is 0 Å². The molecule has 1 aliphatic rings. The van der Waals surface area contributed by atoms with E-state index in [0.29, 0.717) is 16.5 Å². The van der Waals surface area contributed by atoms with Crippen LogP contribution in [-0.4, -0.2) is 17.3 Å². The van der Waals surface area contributed by atoms with Crippen molar-refractivity contribution < 1.29 is 4.79 Å². The summed E-state index contributed by atoms with van der Waals surface area (Å²) in [5.41, 5.74) is 1.19. The molecule has 19 heavy (non-hydrogen) atoms. The van der Waals surface area contributed by atoms with E-state index in [4.69, 9.17) is 23.2 Å². The molecule has 1 aromatic rings. The van der Waals surface area contributed by atoms with E-state index in [0.717, 1.165) is 31.2 Å². The molecule has 0 saturated heterocycles. The summed E-state index contributed by atoms with van der Waals surface area (Å²) in [5, 5.41) is 3.64. The summed E-state index contributed by atoms with van der Waals surface area (Å²) in [7, 11) is 0. The maximum absolute atomic E-state index is 12.4. The molecule has 0 bridgehead atoms. The molecule has 1 aliphatic carbocycles. The van der Waals surface area contributed by atoms with Crippen LogP contribution in [0.15, 0.2) is 18.2 Å². The van der Waals surface area contributed by atoms with Gasteiger partial charge in [-0.25, -0.2) is 0 Å². The zero-order valence-electron chi connectivity index (χ0n) is 11.1. The monoisotopic (exact) mass is 299 g/mol. The highest BCUT2D eigenvalue weighted by molar-refractivity contribution is 6.34. The van der Waals surface area contributed by atoms with Crippen molar-refractivity contribution in [1.82, 2.24) is 5.32 Å². The molecule has 1 saturated carbocycles. The van der Waals surface area contributed by atoms with Gasteiger partial charge in [-0.2, -0.15) is 0 Å². The second-order valence-electron chi connectivity index (χ2n) is 5.37. The summed E-state index contributed by atoms with van der Waals surface area (Å²) in [6, 6.07) is 5.51. The third-order valence-electron chi connectivity index (χ3n) is 3.88. The molecule has 2 rings (SSSR count). The first-order valence-corrected chi connectivity index (χ1v) is 7.63. The number of carbonyl (C=O) groups is 1. The Balaban J connectivity index is 2.17. The quantitative estimate of drug-likeness (QED) is 0.828. The molecule has 0 atom stereocenters. The van der Waals surface area contributed by atoms with Crippen LogP contribution in [0.4, 0.5) is 0 Å². The second-order valence-corrected chi connectivity index (χ2v) is 6.01. The Labute approximate surface area is 124 Å². The van der Waals surface area contributed by atoms with Gasteiger partial charge in [0.1, 0.15) is 0 Å². The van der Waals surface area contributed by atoms with Crippen LogP contribution in [0, 0.1) is 6.92 Å². The lowest BCUT2D eigenvalue weighted by atomic mass is 9.83. The lowest BCUT2D eigenvalue weighted by molar-refractivity contribution is 0.0885. The number of halogens is 2. The Morgan fingerprint density at radius 3 is 2.63 bits per heavy atom. The van der Waals surface area contributed by atoms with E-state index in [1.165, 1.54) is 6.42 Å². The van der Waals surface area contributed by atoms with Crippen LogP contribution in [-0.2, 0) is 0 Å². The molecule has 2 nitrogen and oxygen atoms in total. The van der Waals surface area contributed by atoms with Crippen LogP contribution in [0.2, 0.25) is 5.02 Å². The molecule has 0 unspecified atom stereocenters. The van der Waals surface area contributed by atoms with Gasteiger partial charge < -0.3 is 5.32 Å². The average molecular weight is 300 g/mol. The first-order valence-electron chi connectivity index (χ1n) is 6.72. The van der Waals surface area contributed by atoms with Crippen molar-refractivity contribution in [3.63, 3.8) is 0 Å². The fraction of sp³-hybridized carbons (Fsp3) is 0.533. The topological polar surface area (TPSA) is 29.1 Å². The molecule has 1 amide bonds. The van der Waals surface area contributed by atoms with E-state index < -0.39 is 0 Å². The van der Waals surface area contributed by atoms with Gasteiger partial charge >= 0.3 is 0 Å². The fourth-order valence-corrected chi connectivity index (χ4v) is 3.20. The van der Waals surface area contributed by atoms with Crippen molar-refractivity contribution in [2.75, 3.05) is 5.88 Å². The molecule has 0 aliphatic heterocycles. The zero-order chi connectivity index (χ0) is 13.9. The van der Waals surface area contributed by atoms with E-state index >= 15 is 0 Å². The smallest absolute Gasteiger partial charge is 0.253 e. The van der Waals surface area contributed by atoms with E-state index in [1.807, 2.05) is 19.1 Å². The summed E-state index contributed by atoms with van der Waals surface area (Å²) >= 11 is 12.3. The van der Waals surface area contributed by atoms with Crippen LogP contribution in [0.3, 0.4) is 0 Å². The third kappa shape index (κ3) is 3.24. The maximum Gasteiger partial charge on any atom is 0.253 e. The van der Waals surface area contributed by atoms with Crippen molar-refractivity contribution >= 4 is 29.1 Å². The van der Waals surface area contributed by atoms with Gasteiger partial charge in [0.2, 0.25) is 0 Å². The largest absolute Gasteiger partial charge is 0.345 e. The average Bonchev–Trinajstić information content (AvgIpc) is 2.42. The van der Waals surface area contributed by atoms with E-state index in [2.05, 4.69) is 5.32 Å². The van der Waals surface area contributed by atoms with Gasteiger partial charge in [0.05, 0.1) is 16.1 Å². The van der Waals surface area contributed by atoms with Crippen molar-refractivity contribution in [3.8, 4) is 0 Å². The van der Waals surface area contributed by atoms with Crippen molar-refractivity contribution in [1.29, 1.82) is 0 Å². The lowest BCUT2D eigenvalue weighted by Gasteiger charge is -2.36. The first-order chi connectivity index (χ1) is 9.08. The minimum Gasteiger partial charge on any atom is -0.345 e. The normalized spacial score (nSPS) is 18.1. The number of hydrogen-bond donors (Lipinski definition) is 1. The van der Waals surface area contributed by atoms with Gasteiger partial charge in [-0.3, -0.25) is 4.79 Å². The number of alkyl halides is 1. The molecular formula is C15H19Cl2NO. The van der Waals surface area contributed by atoms with Gasteiger partial charge in [-0.05, 0) is 31.4 Å². The highest BCUT2D eigenvalue weighted by atomic mass is 35.5. The van der Waals surface area contributed by atoms with Crippen molar-refractivity contribution in [2.24, 2.45) is 0 Å². The lowest BCUT2D eigenvalue weighted by Crippen LogP contribution is -2.51. The number of carbonyl (C=O) groups excluding carboxylic acids is 1. The molecular weight excluding hydrogens is 281 g/mol. The first kappa shape index (κ1) is 14.7. The van der Waals surface area contributed by atoms with E-state index in [9.17, 15) is 4.79 Å². The predicted octanol–water partition coefficient (Wildman–Crippen LogP) is 4.32. The molecule has 1 fully saturated rings. The number of rotatable bonds is 3. The Hall–Kier alpha value is -0.730. The maximum atomic E-state index is 12.4. The highest BCUT2D eigenvalue weighted by Crippen LogP contribution is 2.30. The fourth-order valence-electron chi connectivity index (χ4n) is 2.65. The van der Waals surface area contributed by atoms with E-state index in [-0.39, 0.29) is 11.4 Å². The van der Waals surface area contributed by atoms with Gasteiger partial charge in [0.15, 0.2) is 0 Å². The Morgan fingerprint density at radius 2 is 2.00 bits per heavy atom. The van der Waals surface area contributed by atoms with Crippen molar-refractivity contribution in [2.45, 2.75) is 44.6 Å². The standard InChI is InChI=1S/C15H19Cl2NO/c1-11-6-5-7-12(13(11)17)14(19)18-15(10-16)8-3-2-4-9-15/h5-7H,2-4,8-10H2,1H3,(H,18,19). The third-order valence-corrected chi connectivity index (χ3v) is 4.89. The molecule has 0 spiro atoms. The minimum absolute atomic E-state index is 0.115. The Kier molecular flexibility index (Phi) is 4.75. The highest BCUT2D eigenvalue weighted by Gasteiger charge is 2.33. The molecule has 0 heterocycles. The molecule has 0 radical (unpaired) electrons. The second kappa shape index (κ2) is 6.15. The molecule has 104 valence electrons. The zero-order valence-corrected chi connectivity index (χ0v) is 12.7. The number of amides is 1. The van der Waals surface area contributed by atoms with Gasteiger partial charge in [0, 0.05) is 5.88 Å². The van der Waals surface area contributed by atoms with Crippen LogP contribution in [0.5, 0.6) is 0 Å². The number of nitrogens with one attached hydrogen (secondary N) is 1. The molecule has 1 aromatic carbocycles.